The van der Waals surface area contributed by atoms with Crippen molar-refractivity contribution in [1.82, 2.24) is 10.4 Å². The molecule has 0 radical (unpaired) electrons. The van der Waals surface area contributed by atoms with Gasteiger partial charge in [0.2, 0.25) is 0 Å². The number of nitrogens with one attached hydrogen (secondary N) is 1. The van der Waals surface area contributed by atoms with Crippen LogP contribution in [-0.4, -0.2) is 40.3 Å². The minimum atomic E-state index is -1.35. The van der Waals surface area contributed by atoms with Crippen molar-refractivity contribution in [2.45, 2.75) is 12.1 Å². The Bertz CT molecular complexity index is 526. The second kappa shape index (κ2) is 5.76. The van der Waals surface area contributed by atoms with E-state index in [-0.39, 0.29) is 18.9 Å². The molecule has 2 rings (SSSR count). The van der Waals surface area contributed by atoms with Gasteiger partial charge in [-0.25, -0.2) is 9.59 Å². The highest BCUT2D eigenvalue weighted by Gasteiger charge is 2.42. The van der Waals surface area contributed by atoms with Crippen LogP contribution >= 0.6 is 0 Å². The molecule has 0 bridgehead atoms. The number of aliphatic carboxylic acids is 1. The Balaban J connectivity index is 2.30. The van der Waals surface area contributed by atoms with Gasteiger partial charge in [0.05, 0.1) is 18.9 Å². The number of carboxylic acids is 1. The highest BCUT2D eigenvalue weighted by molar-refractivity contribution is 5.81. The van der Waals surface area contributed by atoms with Gasteiger partial charge in [-0.2, -0.15) is 5.48 Å². The van der Waals surface area contributed by atoms with E-state index in [1.807, 2.05) is 0 Å². The fraction of sp³-hybridized carbons (Fsp3) is 0.333. The second-order valence-electron chi connectivity index (χ2n) is 4.19. The monoisotopic (exact) mass is 282 g/mol. The van der Waals surface area contributed by atoms with E-state index in [4.69, 9.17) is 14.4 Å². The number of hydroxylamine groups is 1. The van der Waals surface area contributed by atoms with Crippen LogP contribution < -0.4 is 5.48 Å². The van der Waals surface area contributed by atoms with Crippen molar-refractivity contribution in [2.75, 3.05) is 13.2 Å². The summed E-state index contributed by atoms with van der Waals surface area (Å²) in [5.74, 6) is -1.19. The maximum absolute atomic E-state index is 11.3. The fourth-order valence-electron chi connectivity index (χ4n) is 2.13. The van der Waals surface area contributed by atoms with Gasteiger partial charge in [0.25, 0.3) is 0 Å². The van der Waals surface area contributed by atoms with Crippen LogP contribution in [0.25, 0.3) is 0 Å². The zero-order valence-corrected chi connectivity index (χ0v) is 10.5. The lowest BCUT2D eigenvalue weighted by Gasteiger charge is -2.34. The fourth-order valence-corrected chi connectivity index (χ4v) is 2.13. The predicted molar refractivity (Wildman–Crippen MR) is 65.8 cm³/mol. The molecule has 20 heavy (non-hydrogen) atoms. The molecule has 0 spiro atoms. The smallest absolute Gasteiger partial charge is 0.408 e. The molecule has 1 aromatic rings. The molecule has 0 fully saturated rings. The van der Waals surface area contributed by atoms with Crippen molar-refractivity contribution in [3.8, 4) is 0 Å². The molecule has 8 heteroatoms. The summed E-state index contributed by atoms with van der Waals surface area (Å²) in [4.78, 5) is 28.4. The lowest BCUT2D eigenvalue weighted by molar-refractivity contribution is -0.144. The molecular weight excluding hydrogens is 268 g/mol. The Labute approximate surface area is 114 Å². The van der Waals surface area contributed by atoms with Crippen LogP contribution in [0.3, 0.4) is 0 Å². The summed E-state index contributed by atoms with van der Waals surface area (Å²) in [6.07, 6.45) is 1.52. The minimum absolute atomic E-state index is 0.0595. The van der Waals surface area contributed by atoms with Gasteiger partial charge < -0.3 is 14.6 Å². The number of furan rings is 1. The Morgan fingerprint density at radius 1 is 1.60 bits per heavy atom. The number of amides is 1. The number of carboxylic acid groups (broad SMARTS) is 2. The van der Waals surface area contributed by atoms with Crippen LogP contribution in [0.5, 0.6) is 0 Å². The summed E-state index contributed by atoms with van der Waals surface area (Å²) >= 11 is 0. The third-order valence-electron chi connectivity index (χ3n) is 2.95. The van der Waals surface area contributed by atoms with E-state index in [0.717, 1.165) is 4.90 Å². The zero-order chi connectivity index (χ0) is 14.7. The molecule has 1 amide bonds. The molecule has 8 nitrogen and oxygen atoms in total. The molecule has 1 aliphatic heterocycles. The van der Waals surface area contributed by atoms with Crippen molar-refractivity contribution in [3.05, 3.63) is 36.3 Å². The van der Waals surface area contributed by atoms with Gasteiger partial charge in [-0.15, -0.1) is 6.58 Å². The van der Waals surface area contributed by atoms with Crippen molar-refractivity contribution in [1.29, 1.82) is 0 Å². The van der Waals surface area contributed by atoms with E-state index < -0.39 is 24.1 Å². The SMILES string of the molecule is C=CCONC1CN(C(=O)O)C(C(=O)O)c2occc21. The number of carbonyl (C=O) groups is 2. The Morgan fingerprint density at radius 3 is 2.95 bits per heavy atom. The van der Waals surface area contributed by atoms with E-state index in [9.17, 15) is 14.7 Å². The van der Waals surface area contributed by atoms with Crippen LogP contribution in [0, 0.1) is 0 Å². The van der Waals surface area contributed by atoms with E-state index in [1.165, 1.54) is 12.3 Å². The summed E-state index contributed by atoms with van der Waals surface area (Å²) in [5, 5.41) is 18.3. The predicted octanol–water partition coefficient (Wildman–Crippen LogP) is 1.15. The van der Waals surface area contributed by atoms with E-state index >= 15 is 0 Å². The van der Waals surface area contributed by atoms with Gasteiger partial charge in [-0.3, -0.25) is 9.74 Å². The first-order valence-electron chi connectivity index (χ1n) is 5.84. The summed E-state index contributed by atoms with van der Waals surface area (Å²) in [6.45, 7) is 3.67. The molecule has 0 saturated carbocycles. The molecule has 2 unspecified atom stereocenters. The number of rotatable bonds is 5. The van der Waals surface area contributed by atoms with E-state index in [1.54, 1.807) is 6.07 Å². The van der Waals surface area contributed by atoms with Gasteiger partial charge >= 0.3 is 12.1 Å². The highest BCUT2D eigenvalue weighted by Crippen LogP contribution is 2.35. The number of nitrogens with zero attached hydrogens (tertiary/aromatic N) is 1. The molecule has 3 N–H and O–H groups in total. The van der Waals surface area contributed by atoms with Crippen LogP contribution in [0.2, 0.25) is 0 Å². The second-order valence-corrected chi connectivity index (χ2v) is 4.19. The molecule has 108 valence electrons. The van der Waals surface area contributed by atoms with Gasteiger partial charge in [-0.05, 0) is 6.07 Å². The van der Waals surface area contributed by atoms with Gasteiger partial charge in [0, 0.05) is 12.1 Å². The average Bonchev–Trinajstić information content (AvgIpc) is 2.86. The first kappa shape index (κ1) is 14.1. The number of hydrogen-bond donors (Lipinski definition) is 3. The first-order valence-corrected chi connectivity index (χ1v) is 5.84. The van der Waals surface area contributed by atoms with E-state index in [2.05, 4.69) is 12.1 Å². The number of hydrogen-bond acceptors (Lipinski definition) is 5. The molecule has 2 heterocycles. The Morgan fingerprint density at radius 2 is 2.35 bits per heavy atom. The van der Waals surface area contributed by atoms with Crippen LogP contribution in [0.4, 0.5) is 4.79 Å². The topological polar surface area (TPSA) is 112 Å². The van der Waals surface area contributed by atoms with Crippen LogP contribution in [0.1, 0.15) is 23.4 Å². The van der Waals surface area contributed by atoms with Gasteiger partial charge in [0.1, 0.15) is 5.76 Å². The van der Waals surface area contributed by atoms with Crippen molar-refractivity contribution < 1.29 is 29.1 Å². The molecular formula is C12H14N2O6. The zero-order valence-electron chi connectivity index (χ0n) is 10.5. The van der Waals surface area contributed by atoms with Gasteiger partial charge in [0.15, 0.2) is 6.04 Å². The normalized spacial score (nSPS) is 21.3. The third-order valence-corrected chi connectivity index (χ3v) is 2.95. The number of fused-ring (bicyclic) bond motifs is 1. The van der Waals surface area contributed by atoms with Crippen molar-refractivity contribution in [3.63, 3.8) is 0 Å². The lowest BCUT2D eigenvalue weighted by atomic mass is 9.97. The largest absolute Gasteiger partial charge is 0.479 e. The maximum atomic E-state index is 11.3. The third kappa shape index (κ3) is 2.51. The minimum Gasteiger partial charge on any atom is -0.479 e. The first-order chi connectivity index (χ1) is 9.56. The Hall–Kier alpha value is -2.32. The molecule has 1 aromatic heterocycles. The summed E-state index contributed by atoms with van der Waals surface area (Å²) in [5.41, 5.74) is 3.25. The van der Waals surface area contributed by atoms with Crippen molar-refractivity contribution in [2.24, 2.45) is 0 Å². The van der Waals surface area contributed by atoms with Crippen molar-refractivity contribution >= 4 is 12.1 Å². The van der Waals surface area contributed by atoms with Crippen LogP contribution in [-0.2, 0) is 9.63 Å². The molecule has 2 atom stereocenters. The van der Waals surface area contributed by atoms with E-state index in [0.29, 0.717) is 5.56 Å². The summed E-state index contributed by atoms with van der Waals surface area (Å²) in [7, 11) is 0. The molecule has 0 aromatic carbocycles. The lowest BCUT2D eigenvalue weighted by Crippen LogP contribution is -2.47. The summed E-state index contributed by atoms with van der Waals surface area (Å²) in [6, 6.07) is -0.260. The Kier molecular flexibility index (Phi) is 4.06. The average molecular weight is 282 g/mol. The quantitative estimate of drug-likeness (QED) is 0.422. The molecule has 0 aliphatic carbocycles. The van der Waals surface area contributed by atoms with Gasteiger partial charge in [-0.1, -0.05) is 6.08 Å². The standard InChI is InChI=1S/C12H14N2O6/c1-2-4-20-13-8-6-14(12(17)18)9(11(15)16)10-7(8)3-5-19-10/h2-3,5,8-9,13H,1,4,6H2,(H,15,16)(H,17,18). The maximum Gasteiger partial charge on any atom is 0.408 e. The highest BCUT2D eigenvalue weighted by atomic mass is 16.6. The molecule has 0 saturated heterocycles. The summed E-state index contributed by atoms with van der Waals surface area (Å²) < 4.78 is 5.15. The van der Waals surface area contributed by atoms with Crippen LogP contribution in [0.15, 0.2) is 29.4 Å². The molecule has 1 aliphatic rings.